The highest BCUT2D eigenvalue weighted by atomic mass is 16.3. The minimum atomic E-state index is -0.374. The minimum Gasteiger partial charge on any atom is -0.508 e. The summed E-state index contributed by atoms with van der Waals surface area (Å²) in [4.78, 5) is 11.8. The van der Waals surface area contributed by atoms with Crippen LogP contribution in [0.25, 0.3) is 0 Å². The van der Waals surface area contributed by atoms with E-state index in [0.717, 1.165) is 0 Å². The molecule has 0 aliphatic carbocycles. The largest absolute Gasteiger partial charge is 0.508 e. The molecule has 3 N–H and O–H groups in total. The Labute approximate surface area is 101 Å². The molecule has 1 atom stereocenters. The maximum atomic E-state index is 11.8. The van der Waals surface area contributed by atoms with Gasteiger partial charge in [-0.15, -0.1) is 0 Å². The zero-order valence-corrected chi connectivity index (χ0v) is 10.2. The van der Waals surface area contributed by atoms with Crippen LogP contribution in [0.15, 0.2) is 18.2 Å². The average molecular weight is 237 g/mol. The zero-order chi connectivity index (χ0) is 12.8. The topological polar surface area (TPSA) is 69.6 Å². The monoisotopic (exact) mass is 237 g/mol. The van der Waals surface area contributed by atoms with E-state index in [0.29, 0.717) is 30.5 Å². The molecule has 4 nitrogen and oxygen atoms in total. The highest BCUT2D eigenvalue weighted by Gasteiger charge is 2.11. The molecule has 0 spiro atoms. The van der Waals surface area contributed by atoms with Crippen molar-refractivity contribution in [3.05, 3.63) is 29.3 Å². The van der Waals surface area contributed by atoms with Gasteiger partial charge in [0, 0.05) is 17.7 Å². The lowest BCUT2D eigenvalue weighted by molar-refractivity contribution is 0.0941. The number of aliphatic hydroxyl groups is 1. The molecule has 4 heteroatoms. The number of aromatic hydroxyl groups is 1. The maximum Gasteiger partial charge on any atom is 0.251 e. The SMILES string of the molecule is CCC(O)CCNC(=O)c1cccc(O)c1C. The van der Waals surface area contributed by atoms with Crippen LogP contribution in [-0.2, 0) is 0 Å². The number of hydrogen-bond donors (Lipinski definition) is 3. The van der Waals surface area contributed by atoms with Crippen LogP contribution in [-0.4, -0.2) is 28.8 Å². The lowest BCUT2D eigenvalue weighted by Gasteiger charge is -2.10. The van der Waals surface area contributed by atoms with E-state index in [1.165, 1.54) is 0 Å². The van der Waals surface area contributed by atoms with Gasteiger partial charge in [-0.2, -0.15) is 0 Å². The van der Waals surface area contributed by atoms with E-state index >= 15 is 0 Å². The van der Waals surface area contributed by atoms with E-state index in [4.69, 9.17) is 0 Å². The van der Waals surface area contributed by atoms with Gasteiger partial charge in [0.1, 0.15) is 5.75 Å². The first-order valence-electron chi connectivity index (χ1n) is 5.81. The highest BCUT2D eigenvalue weighted by Crippen LogP contribution is 2.19. The molecule has 0 saturated carbocycles. The van der Waals surface area contributed by atoms with E-state index in [-0.39, 0.29) is 17.8 Å². The van der Waals surface area contributed by atoms with Crippen LogP contribution in [0, 0.1) is 6.92 Å². The van der Waals surface area contributed by atoms with Crippen LogP contribution in [0.2, 0.25) is 0 Å². The van der Waals surface area contributed by atoms with Gasteiger partial charge in [-0.1, -0.05) is 13.0 Å². The molecule has 0 aromatic heterocycles. The molecule has 17 heavy (non-hydrogen) atoms. The highest BCUT2D eigenvalue weighted by molar-refractivity contribution is 5.96. The van der Waals surface area contributed by atoms with Crippen molar-refractivity contribution in [1.82, 2.24) is 5.32 Å². The number of phenolic OH excluding ortho intramolecular Hbond substituents is 1. The quantitative estimate of drug-likeness (QED) is 0.728. The number of carbonyl (C=O) groups excluding carboxylic acids is 1. The fraction of sp³-hybridized carbons (Fsp3) is 0.462. The molecule has 0 radical (unpaired) electrons. The molecule has 1 unspecified atom stereocenters. The lowest BCUT2D eigenvalue weighted by Crippen LogP contribution is -2.27. The summed E-state index contributed by atoms with van der Waals surface area (Å²) < 4.78 is 0. The summed E-state index contributed by atoms with van der Waals surface area (Å²) in [7, 11) is 0. The molecule has 1 aromatic rings. The number of rotatable bonds is 5. The number of phenols is 1. The van der Waals surface area contributed by atoms with Crippen LogP contribution in [0.3, 0.4) is 0 Å². The first-order chi connectivity index (χ1) is 8.06. The first kappa shape index (κ1) is 13.5. The molecular formula is C13H19NO3. The summed E-state index contributed by atoms with van der Waals surface area (Å²) in [5.41, 5.74) is 1.04. The van der Waals surface area contributed by atoms with Gasteiger partial charge in [0.25, 0.3) is 5.91 Å². The normalized spacial score (nSPS) is 12.2. The molecule has 1 rings (SSSR count). The fourth-order valence-electron chi connectivity index (χ4n) is 1.52. The van der Waals surface area contributed by atoms with Crippen molar-refractivity contribution in [1.29, 1.82) is 0 Å². The number of aliphatic hydroxyl groups excluding tert-OH is 1. The third-order valence-electron chi connectivity index (χ3n) is 2.78. The van der Waals surface area contributed by atoms with Crippen molar-refractivity contribution in [2.24, 2.45) is 0 Å². The van der Waals surface area contributed by atoms with Crippen molar-refractivity contribution in [3.63, 3.8) is 0 Å². The molecule has 0 aliphatic rings. The molecule has 1 amide bonds. The van der Waals surface area contributed by atoms with Crippen molar-refractivity contribution in [2.45, 2.75) is 32.8 Å². The van der Waals surface area contributed by atoms with E-state index in [1.807, 2.05) is 6.92 Å². The minimum absolute atomic E-state index is 0.117. The van der Waals surface area contributed by atoms with E-state index in [9.17, 15) is 15.0 Å². The van der Waals surface area contributed by atoms with Crippen molar-refractivity contribution < 1.29 is 15.0 Å². The second-order valence-electron chi connectivity index (χ2n) is 4.06. The van der Waals surface area contributed by atoms with Gasteiger partial charge in [0.2, 0.25) is 0 Å². The van der Waals surface area contributed by atoms with Crippen molar-refractivity contribution in [2.75, 3.05) is 6.54 Å². The molecular weight excluding hydrogens is 218 g/mol. The van der Waals surface area contributed by atoms with Gasteiger partial charge in [-0.25, -0.2) is 0 Å². The van der Waals surface area contributed by atoms with Gasteiger partial charge < -0.3 is 15.5 Å². The Bertz CT molecular complexity index is 390. The predicted octanol–water partition coefficient (Wildman–Crippen LogP) is 1.59. The van der Waals surface area contributed by atoms with E-state index in [1.54, 1.807) is 25.1 Å². The third kappa shape index (κ3) is 3.75. The van der Waals surface area contributed by atoms with Crippen LogP contribution >= 0.6 is 0 Å². The summed E-state index contributed by atoms with van der Waals surface area (Å²) in [6, 6.07) is 4.85. The Kier molecular flexibility index (Phi) is 4.97. The van der Waals surface area contributed by atoms with Gasteiger partial charge in [-0.3, -0.25) is 4.79 Å². The van der Waals surface area contributed by atoms with E-state index < -0.39 is 0 Å². The average Bonchev–Trinajstić information content (AvgIpc) is 2.32. The molecule has 0 saturated heterocycles. The summed E-state index contributed by atoms with van der Waals surface area (Å²) in [6.07, 6.45) is 0.849. The van der Waals surface area contributed by atoms with Gasteiger partial charge in [0.05, 0.1) is 6.10 Å². The summed E-state index contributed by atoms with van der Waals surface area (Å²) >= 11 is 0. The number of carbonyl (C=O) groups is 1. The smallest absolute Gasteiger partial charge is 0.251 e. The molecule has 0 aliphatic heterocycles. The molecule has 0 bridgehead atoms. The van der Waals surface area contributed by atoms with Crippen LogP contribution < -0.4 is 5.32 Å². The first-order valence-corrected chi connectivity index (χ1v) is 5.81. The molecule has 1 aromatic carbocycles. The molecule has 0 fully saturated rings. The zero-order valence-electron chi connectivity index (χ0n) is 10.2. The Morgan fingerprint density at radius 2 is 2.18 bits per heavy atom. The lowest BCUT2D eigenvalue weighted by atomic mass is 10.1. The Morgan fingerprint density at radius 1 is 1.47 bits per heavy atom. The summed E-state index contributed by atoms with van der Waals surface area (Å²) in [5, 5.41) is 21.6. The second-order valence-corrected chi connectivity index (χ2v) is 4.06. The summed E-state index contributed by atoms with van der Waals surface area (Å²) in [6.45, 7) is 4.03. The third-order valence-corrected chi connectivity index (χ3v) is 2.78. The second kappa shape index (κ2) is 6.25. The standard InChI is InChI=1S/C13H19NO3/c1-3-10(15)7-8-14-13(17)11-5-4-6-12(16)9(11)2/h4-6,10,15-16H,3,7-8H2,1-2H3,(H,14,17). The van der Waals surface area contributed by atoms with Crippen molar-refractivity contribution >= 4 is 5.91 Å². The van der Waals surface area contributed by atoms with Gasteiger partial charge in [0.15, 0.2) is 0 Å². The fourth-order valence-corrected chi connectivity index (χ4v) is 1.52. The number of hydrogen-bond acceptors (Lipinski definition) is 3. The Morgan fingerprint density at radius 3 is 2.82 bits per heavy atom. The number of benzene rings is 1. The number of nitrogens with one attached hydrogen (secondary N) is 1. The Hall–Kier alpha value is -1.55. The van der Waals surface area contributed by atoms with Gasteiger partial charge in [-0.05, 0) is 31.9 Å². The predicted molar refractivity (Wildman–Crippen MR) is 66.1 cm³/mol. The molecule has 94 valence electrons. The van der Waals surface area contributed by atoms with E-state index in [2.05, 4.69) is 5.32 Å². The molecule has 0 heterocycles. The van der Waals surface area contributed by atoms with Crippen LogP contribution in [0.4, 0.5) is 0 Å². The van der Waals surface area contributed by atoms with Gasteiger partial charge >= 0.3 is 0 Å². The maximum absolute atomic E-state index is 11.8. The van der Waals surface area contributed by atoms with Crippen molar-refractivity contribution in [3.8, 4) is 5.75 Å². The number of amides is 1. The summed E-state index contributed by atoms with van der Waals surface area (Å²) in [5.74, 6) is -0.104. The Balaban J connectivity index is 2.56. The van der Waals surface area contributed by atoms with Crippen LogP contribution in [0.5, 0.6) is 5.75 Å². The van der Waals surface area contributed by atoms with Crippen LogP contribution in [0.1, 0.15) is 35.7 Å².